The van der Waals surface area contributed by atoms with Gasteiger partial charge in [0.25, 0.3) is 0 Å². The molecule has 0 aromatic rings. The molecular formula is C27H44O3. The molecule has 3 heteroatoms. The third-order valence-corrected chi connectivity index (χ3v) is 11.0. The second-order valence-corrected chi connectivity index (χ2v) is 12.4. The fourth-order valence-electron chi connectivity index (χ4n) is 9.35. The van der Waals surface area contributed by atoms with E-state index >= 15 is 0 Å². The summed E-state index contributed by atoms with van der Waals surface area (Å²) in [5.74, 6) is 4.84. The number of aliphatic hydroxyl groups is 2. The van der Waals surface area contributed by atoms with Gasteiger partial charge in [-0.05, 0) is 104 Å². The Bertz CT molecular complexity index is 675. The maximum absolute atomic E-state index is 10.2. The topological polar surface area (TPSA) is 49.7 Å². The average Bonchev–Trinajstić information content (AvgIpc) is 3.20. The molecule has 4 fully saturated rings. The van der Waals surface area contributed by atoms with Crippen LogP contribution in [0.25, 0.3) is 0 Å². The van der Waals surface area contributed by atoms with E-state index in [2.05, 4.69) is 39.8 Å². The predicted molar refractivity (Wildman–Crippen MR) is 120 cm³/mol. The van der Waals surface area contributed by atoms with Crippen LogP contribution in [0.15, 0.2) is 12.2 Å². The Morgan fingerprint density at radius 3 is 2.70 bits per heavy atom. The molecule has 0 aromatic carbocycles. The number of hydrogen-bond donors (Lipinski definition) is 2. The third kappa shape index (κ3) is 3.09. The minimum atomic E-state index is -0.223. The quantitative estimate of drug-likeness (QED) is 0.619. The van der Waals surface area contributed by atoms with Crippen molar-refractivity contribution in [2.24, 2.45) is 52.3 Å². The third-order valence-electron chi connectivity index (χ3n) is 11.0. The second kappa shape index (κ2) is 7.59. The summed E-state index contributed by atoms with van der Waals surface area (Å²) < 4.78 is 6.75. The lowest BCUT2D eigenvalue weighted by molar-refractivity contribution is -0.0919. The Labute approximate surface area is 183 Å². The molecule has 12 atom stereocenters. The summed E-state index contributed by atoms with van der Waals surface area (Å²) in [5.41, 5.74) is 0.723. The first-order chi connectivity index (χ1) is 14.3. The van der Waals surface area contributed by atoms with Gasteiger partial charge in [0.15, 0.2) is 0 Å². The number of fused-ring (bicyclic) bond motifs is 7. The highest BCUT2D eigenvalue weighted by molar-refractivity contribution is 5.19. The van der Waals surface area contributed by atoms with Crippen LogP contribution >= 0.6 is 0 Å². The maximum atomic E-state index is 10.2. The molecule has 1 heterocycles. The lowest BCUT2D eigenvalue weighted by Crippen LogP contribution is -2.53. The van der Waals surface area contributed by atoms with Crippen molar-refractivity contribution in [3.05, 3.63) is 12.2 Å². The Kier molecular flexibility index (Phi) is 5.43. The summed E-state index contributed by atoms with van der Waals surface area (Å²) >= 11 is 0. The van der Waals surface area contributed by atoms with Crippen LogP contribution in [0.1, 0.15) is 79.1 Å². The summed E-state index contributed by atoms with van der Waals surface area (Å²) in [6.45, 7) is 10.0. The zero-order valence-corrected chi connectivity index (χ0v) is 19.6. The summed E-state index contributed by atoms with van der Waals surface area (Å²) in [4.78, 5) is 0. The van der Waals surface area contributed by atoms with Crippen molar-refractivity contribution >= 4 is 0 Å². The minimum Gasteiger partial charge on any atom is -0.396 e. The maximum Gasteiger partial charge on any atom is 0.0724 e. The molecular weight excluding hydrogens is 372 g/mol. The van der Waals surface area contributed by atoms with Crippen LogP contribution in [0.5, 0.6) is 0 Å². The molecule has 4 aliphatic carbocycles. The number of rotatable bonds is 4. The van der Waals surface area contributed by atoms with Crippen LogP contribution in [-0.4, -0.2) is 35.1 Å². The molecule has 5 aliphatic rings. The van der Waals surface area contributed by atoms with Crippen molar-refractivity contribution < 1.29 is 14.9 Å². The van der Waals surface area contributed by atoms with Gasteiger partial charge in [-0.3, -0.25) is 0 Å². The van der Waals surface area contributed by atoms with Crippen LogP contribution in [0, 0.1) is 52.3 Å². The SMILES string of the molecule is CC(CO)CCC1O[C@H]2C[C@H]3[C@@H]4CCC5CC(O)C=C[C@]5(C)[C@H]4CC[C@]3(C)[C@H]2[C@@H]1C. The van der Waals surface area contributed by atoms with Gasteiger partial charge in [-0.15, -0.1) is 0 Å². The highest BCUT2D eigenvalue weighted by atomic mass is 16.5. The fourth-order valence-corrected chi connectivity index (χ4v) is 9.35. The van der Waals surface area contributed by atoms with E-state index in [1.807, 2.05) is 0 Å². The first-order valence-electron chi connectivity index (χ1n) is 12.9. The van der Waals surface area contributed by atoms with Gasteiger partial charge in [0.05, 0.1) is 18.3 Å². The molecule has 0 amide bonds. The summed E-state index contributed by atoms with van der Waals surface area (Å²) in [6, 6.07) is 0. The van der Waals surface area contributed by atoms with Gasteiger partial charge >= 0.3 is 0 Å². The lowest BCUT2D eigenvalue weighted by Gasteiger charge is -2.59. The van der Waals surface area contributed by atoms with Crippen molar-refractivity contribution in [1.82, 2.24) is 0 Å². The predicted octanol–water partition coefficient (Wildman–Crippen LogP) is 5.20. The van der Waals surface area contributed by atoms with Crippen molar-refractivity contribution in [2.75, 3.05) is 6.61 Å². The molecule has 2 N–H and O–H groups in total. The highest BCUT2D eigenvalue weighted by Crippen LogP contribution is 2.69. The lowest BCUT2D eigenvalue weighted by atomic mass is 9.45. The molecule has 3 saturated carbocycles. The molecule has 3 nitrogen and oxygen atoms in total. The van der Waals surface area contributed by atoms with E-state index in [1.165, 1.54) is 32.1 Å². The second-order valence-electron chi connectivity index (χ2n) is 12.4. The van der Waals surface area contributed by atoms with Gasteiger partial charge in [0, 0.05) is 6.61 Å². The Hall–Kier alpha value is -0.380. The minimum absolute atomic E-state index is 0.223. The zero-order valence-electron chi connectivity index (χ0n) is 19.6. The summed E-state index contributed by atoms with van der Waals surface area (Å²) in [5, 5.41) is 19.6. The van der Waals surface area contributed by atoms with E-state index in [0.717, 1.165) is 37.0 Å². The highest BCUT2D eigenvalue weighted by Gasteiger charge is 2.65. The van der Waals surface area contributed by atoms with Crippen LogP contribution in [0.3, 0.4) is 0 Å². The molecule has 170 valence electrons. The van der Waals surface area contributed by atoms with E-state index in [-0.39, 0.29) is 11.5 Å². The Morgan fingerprint density at radius 1 is 1.13 bits per heavy atom. The zero-order chi connectivity index (χ0) is 21.3. The van der Waals surface area contributed by atoms with E-state index in [9.17, 15) is 10.2 Å². The fraction of sp³-hybridized carbons (Fsp3) is 0.926. The first kappa shape index (κ1) is 21.5. The first-order valence-corrected chi connectivity index (χ1v) is 12.9. The monoisotopic (exact) mass is 416 g/mol. The van der Waals surface area contributed by atoms with Gasteiger partial charge < -0.3 is 14.9 Å². The number of allylic oxidation sites excluding steroid dienone is 1. The summed E-state index contributed by atoms with van der Waals surface area (Å²) in [7, 11) is 0. The Balaban J connectivity index is 1.34. The molecule has 0 spiro atoms. The van der Waals surface area contributed by atoms with Crippen LogP contribution < -0.4 is 0 Å². The average molecular weight is 417 g/mol. The molecule has 5 rings (SSSR count). The van der Waals surface area contributed by atoms with Gasteiger partial charge in [-0.2, -0.15) is 0 Å². The van der Waals surface area contributed by atoms with Crippen LogP contribution in [0.4, 0.5) is 0 Å². The van der Waals surface area contributed by atoms with Crippen molar-refractivity contribution in [2.45, 2.75) is 97.4 Å². The molecule has 30 heavy (non-hydrogen) atoms. The number of aliphatic hydroxyl groups excluding tert-OH is 2. The largest absolute Gasteiger partial charge is 0.396 e. The van der Waals surface area contributed by atoms with Gasteiger partial charge in [-0.25, -0.2) is 0 Å². The van der Waals surface area contributed by atoms with E-state index in [4.69, 9.17) is 4.74 Å². The van der Waals surface area contributed by atoms with Crippen molar-refractivity contribution in [1.29, 1.82) is 0 Å². The number of ether oxygens (including phenoxy) is 1. The van der Waals surface area contributed by atoms with E-state index < -0.39 is 0 Å². The normalized spacial score (nSPS) is 55.5. The number of hydrogen-bond acceptors (Lipinski definition) is 3. The molecule has 1 saturated heterocycles. The molecule has 0 radical (unpaired) electrons. The molecule has 0 aromatic heterocycles. The smallest absolute Gasteiger partial charge is 0.0724 e. The summed E-state index contributed by atoms with van der Waals surface area (Å²) in [6.07, 6.45) is 14.9. The van der Waals surface area contributed by atoms with Gasteiger partial charge in [-0.1, -0.05) is 39.8 Å². The molecule has 0 bridgehead atoms. The van der Waals surface area contributed by atoms with E-state index in [0.29, 0.717) is 47.9 Å². The Morgan fingerprint density at radius 2 is 1.93 bits per heavy atom. The van der Waals surface area contributed by atoms with E-state index in [1.54, 1.807) is 0 Å². The van der Waals surface area contributed by atoms with Crippen molar-refractivity contribution in [3.8, 4) is 0 Å². The molecule has 4 unspecified atom stereocenters. The van der Waals surface area contributed by atoms with Crippen molar-refractivity contribution in [3.63, 3.8) is 0 Å². The molecule has 1 aliphatic heterocycles. The van der Waals surface area contributed by atoms with Gasteiger partial charge in [0.1, 0.15) is 0 Å². The van der Waals surface area contributed by atoms with Crippen LogP contribution in [0.2, 0.25) is 0 Å². The van der Waals surface area contributed by atoms with Gasteiger partial charge in [0.2, 0.25) is 0 Å². The standard InChI is InChI=1S/C27H44O3/c1-16(15-28)5-8-23-17(2)25-24(30-23)14-22-20-7-6-18-13-19(29)9-11-26(18,3)21(20)10-12-27(22,25)4/h9,11,16-25,28-29H,5-8,10,12-15H2,1-4H3/t16?,17-,18?,19?,20-,21+,22+,23?,24+,25+,26+,27+/m1/s1. The van der Waals surface area contributed by atoms with Crippen LogP contribution in [-0.2, 0) is 4.74 Å².